The van der Waals surface area contributed by atoms with Crippen LogP contribution < -0.4 is 4.74 Å². The summed E-state index contributed by atoms with van der Waals surface area (Å²) in [6.45, 7) is 4.06. The Labute approximate surface area is 199 Å². The predicted molar refractivity (Wildman–Crippen MR) is 133 cm³/mol. The molecule has 34 heavy (non-hydrogen) atoms. The van der Waals surface area contributed by atoms with E-state index in [0.717, 1.165) is 59.7 Å². The number of hydrogen-bond acceptors (Lipinski definition) is 4. The van der Waals surface area contributed by atoms with Crippen LogP contribution in [0.2, 0.25) is 0 Å². The van der Waals surface area contributed by atoms with Crippen LogP contribution in [0.15, 0.2) is 79.1 Å². The number of methoxy groups -OCH3 is 1. The number of aromatic nitrogens is 2. The van der Waals surface area contributed by atoms with Crippen molar-refractivity contribution < 1.29 is 9.13 Å². The largest absolute Gasteiger partial charge is 0.497 e. The molecule has 0 radical (unpaired) electrons. The summed E-state index contributed by atoms with van der Waals surface area (Å²) in [6, 6.07) is 21.5. The highest BCUT2D eigenvalue weighted by molar-refractivity contribution is 5.72. The number of likely N-dealkylation sites (N-methyl/N-ethyl adjacent to an activating group) is 1. The van der Waals surface area contributed by atoms with Gasteiger partial charge in [-0.3, -0.25) is 10.00 Å². The summed E-state index contributed by atoms with van der Waals surface area (Å²) >= 11 is 0. The Balaban J connectivity index is 1.51. The van der Waals surface area contributed by atoms with Crippen LogP contribution in [0.5, 0.6) is 5.75 Å². The van der Waals surface area contributed by atoms with Crippen molar-refractivity contribution in [1.29, 1.82) is 0 Å². The summed E-state index contributed by atoms with van der Waals surface area (Å²) in [7, 11) is 3.88. The first-order chi connectivity index (χ1) is 16.6. The van der Waals surface area contributed by atoms with Crippen LogP contribution in [-0.4, -0.2) is 60.3 Å². The molecule has 5 rings (SSSR count). The highest BCUT2D eigenvalue weighted by Crippen LogP contribution is 2.35. The monoisotopic (exact) mass is 456 g/mol. The molecule has 1 unspecified atom stereocenters. The van der Waals surface area contributed by atoms with Gasteiger partial charge >= 0.3 is 0 Å². The maximum absolute atomic E-state index is 13.3. The van der Waals surface area contributed by atoms with Gasteiger partial charge in [0.05, 0.1) is 19.3 Å². The molecular formula is C28H29FN4O. The van der Waals surface area contributed by atoms with Crippen LogP contribution in [-0.2, 0) is 0 Å². The van der Waals surface area contributed by atoms with Crippen LogP contribution in [0, 0.1) is 5.82 Å². The van der Waals surface area contributed by atoms with Crippen molar-refractivity contribution in [2.45, 2.75) is 6.04 Å². The van der Waals surface area contributed by atoms with Crippen molar-refractivity contribution in [3.63, 3.8) is 0 Å². The number of halogens is 1. The first-order valence-corrected chi connectivity index (χ1v) is 11.6. The summed E-state index contributed by atoms with van der Waals surface area (Å²) in [5, 5.41) is 7.21. The number of rotatable bonds is 6. The second-order valence-corrected chi connectivity index (χ2v) is 8.85. The van der Waals surface area contributed by atoms with E-state index in [0.29, 0.717) is 0 Å². The van der Waals surface area contributed by atoms with Gasteiger partial charge in [-0.2, -0.15) is 5.10 Å². The van der Waals surface area contributed by atoms with E-state index in [1.54, 1.807) is 19.2 Å². The Bertz CT molecular complexity index is 1210. The molecule has 5 nitrogen and oxygen atoms in total. The van der Waals surface area contributed by atoms with Gasteiger partial charge in [0.1, 0.15) is 11.6 Å². The van der Waals surface area contributed by atoms with E-state index < -0.39 is 0 Å². The number of H-pyrrole nitrogens is 1. The summed E-state index contributed by atoms with van der Waals surface area (Å²) in [6.07, 6.45) is 3.90. The van der Waals surface area contributed by atoms with E-state index in [9.17, 15) is 4.39 Å². The molecule has 1 aliphatic rings. The van der Waals surface area contributed by atoms with Crippen LogP contribution in [0.25, 0.3) is 22.3 Å². The fraction of sp³-hybridized carbons (Fsp3) is 0.250. The van der Waals surface area contributed by atoms with E-state index in [2.05, 4.69) is 69.5 Å². The maximum atomic E-state index is 13.3. The zero-order chi connectivity index (χ0) is 23.5. The molecule has 0 aliphatic carbocycles. The minimum absolute atomic E-state index is 0.0970. The first kappa shape index (κ1) is 22.3. The van der Waals surface area contributed by atoms with Gasteiger partial charge in [0.15, 0.2) is 0 Å². The van der Waals surface area contributed by atoms with E-state index in [1.807, 2.05) is 12.4 Å². The first-order valence-electron chi connectivity index (χ1n) is 11.6. The van der Waals surface area contributed by atoms with Crippen molar-refractivity contribution in [3.8, 4) is 28.0 Å². The number of piperazine rings is 1. The molecule has 1 saturated heterocycles. The minimum atomic E-state index is -0.225. The molecule has 0 amide bonds. The van der Waals surface area contributed by atoms with Crippen LogP contribution >= 0.6 is 0 Å². The fourth-order valence-electron chi connectivity index (χ4n) is 4.67. The number of nitrogens with zero attached hydrogens (tertiary/aromatic N) is 3. The van der Waals surface area contributed by atoms with Crippen molar-refractivity contribution >= 4 is 0 Å². The Morgan fingerprint density at radius 2 is 1.44 bits per heavy atom. The van der Waals surface area contributed by atoms with Crippen molar-refractivity contribution in [3.05, 3.63) is 96.1 Å². The summed E-state index contributed by atoms with van der Waals surface area (Å²) in [5.74, 6) is 0.606. The normalized spacial score (nSPS) is 15.9. The smallest absolute Gasteiger partial charge is 0.123 e. The minimum Gasteiger partial charge on any atom is -0.497 e. The molecule has 6 heteroatoms. The zero-order valence-electron chi connectivity index (χ0n) is 19.5. The lowest BCUT2D eigenvalue weighted by Crippen LogP contribution is -2.46. The molecule has 0 saturated carbocycles. The van der Waals surface area contributed by atoms with E-state index in [1.165, 1.54) is 17.7 Å². The number of hydrogen-bond donors (Lipinski definition) is 1. The third-order valence-corrected chi connectivity index (χ3v) is 6.61. The fourth-order valence-corrected chi connectivity index (χ4v) is 4.67. The second kappa shape index (κ2) is 9.79. The van der Waals surface area contributed by atoms with Gasteiger partial charge < -0.3 is 9.64 Å². The molecule has 0 spiro atoms. The quantitative estimate of drug-likeness (QED) is 0.432. The number of nitrogens with one attached hydrogen (secondary N) is 1. The zero-order valence-corrected chi connectivity index (χ0v) is 19.5. The lowest BCUT2D eigenvalue weighted by Gasteiger charge is -2.38. The average molecular weight is 457 g/mol. The summed E-state index contributed by atoms with van der Waals surface area (Å²) < 4.78 is 19.0. The predicted octanol–water partition coefficient (Wildman–Crippen LogP) is 5.23. The SMILES string of the molecule is COc1cc(-c2ccc(-c3ccc(F)cc3)cc2)cc(C(c2cn[nH]c2)N2CCN(C)CC2)c1. The van der Waals surface area contributed by atoms with Gasteiger partial charge in [-0.05, 0) is 65.2 Å². The standard InChI is InChI=1S/C28H29FN4O/c1-32-11-13-33(14-12-32)28(25-18-30-31-19-25)24-15-23(16-27(17-24)34-2)22-5-3-20(4-6-22)21-7-9-26(29)10-8-21/h3-10,15-19,28H,11-14H2,1-2H3,(H,30,31). The van der Waals surface area contributed by atoms with Crippen LogP contribution in [0.4, 0.5) is 4.39 Å². The molecule has 1 aliphatic heterocycles. The number of aromatic amines is 1. The lowest BCUT2D eigenvalue weighted by atomic mass is 9.93. The highest BCUT2D eigenvalue weighted by atomic mass is 19.1. The second-order valence-electron chi connectivity index (χ2n) is 8.85. The van der Waals surface area contributed by atoms with Crippen LogP contribution in [0.3, 0.4) is 0 Å². The van der Waals surface area contributed by atoms with Gasteiger partial charge in [0.25, 0.3) is 0 Å². The molecule has 1 aromatic heterocycles. The van der Waals surface area contributed by atoms with Gasteiger partial charge in [-0.1, -0.05) is 36.4 Å². The molecule has 4 aromatic rings. The average Bonchev–Trinajstić information content (AvgIpc) is 3.40. The van der Waals surface area contributed by atoms with Gasteiger partial charge in [-0.15, -0.1) is 0 Å². The highest BCUT2D eigenvalue weighted by Gasteiger charge is 2.27. The molecular weight excluding hydrogens is 427 g/mol. The van der Waals surface area contributed by atoms with E-state index >= 15 is 0 Å². The van der Waals surface area contributed by atoms with E-state index in [4.69, 9.17) is 4.74 Å². The maximum Gasteiger partial charge on any atom is 0.123 e. The topological polar surface area (TPSA) is 44.4 Å². The van der Waals surface area contributed by atoms with Crippen molar-refractivity contribution in [2.75, 3.05) is 40.3 Å². The number of ether oxygens (including phenoxy) is 1. The lowest BCUT2D eigenvalue weighted by molar-refractivity contribution is 0.127. The Kier molecular flexibility index (Phi) is 6.43. The summed E-state index contributed by atoms with van der Waals surface area (Å²) in [4.78, 5) is 4.88. The molecule has 2 heterocycles. The van der Waals surface area contributed by atoms with Crippen molar-refractivity contribution in [1.82, 2.24) is 20.0 Å². The third-order valence-electron chi connectivity index (χ3n) is 6.61. The molecule has 1 atom stereocenters. The van der Waals surface area contributed by atoms with E-state index in [-0.39, 0.29) is 11.9 Å². The molecule has 1 N–H and O–H groups in total. The van der Waals surface area contributed by atoms with Gasteiger partial charge in [0, 0.05) is 37.9 Å². The third kappa shape index (κ3) is 4.74. The number of benzene rings is 3. The van der Waals surface area contributed by atoms with Crippen molar-refractivity contribution in [2.24, 2.45) is 0 Å². The van der Waals surface area contributed by atoms with Gasteiger partial charge in [0.2, 0.25) is 0 Å². The Morgan fingerprint density at radius 3 is 2.03 bits per heavy atom. The molecule has 174 valence electrons. The molecule has 1 fully saturated rings. The molecule has 3 aromatic carbocycles. The van der Waals surface area contributed by atoms with Gasteiger partial charge in [-0.25, -0.2) is 4.39 Å². The Hall–Kier alpha value is -3.48. The van der Waals surface area contributed by atoms with Crippen LogP contribution in [0.1, 0.15) is 17.2 Å². The molecule has 0 bridgehead atoms. The summed E-state index contributed by atoms with van der Waals surface area (Å²) in [5.41, 5.74) is 6.59. The Morgan fingerprint density at radius 1 is 0.824 bits per heavy atom.